The van der Waals surface area contributed by atoms with Crippen molar-refractivity contribution in [1.29, 1.82) is 0 Å². The van der Waals surface area contributed by atoms with Gasteiger partial charge in [0.2, 0.25) is 0 Å². The summed E-state index contributed by atoms with van der Waals surface area (Å²) in [6.07, 6.45) is 1.01. The quantitative estimate of drug-likeness (QED) is 0.582. The highest BCUT2D eigenvalue weighted by Crippen LogP contribution is 2.47. The number of hydrogen-bond acceptors (Lipinski definition) is 2. The molecule has 0 aliphatic heterocycles. The van der Waals surface area contributed by atoms with Crippen molar-refractivity contribution in [1.82, 2.24) is 5.06 Å². The SMILES string of the molecule is NC(=O)N(O)C[C@@H]1C[C@@H]1c1ccccc1. The maximum absolute atomic E-state index is 10.6. The van der Waals surface area contributed by atoms with Gasteiger partial charge in [0.05, 0.1) is 6.54 Å². The van der Waals surface area contributed by atoms with Crippen molar-refractivity contribution in [2.24, 2.45) is 11.7 Å². The molecule has 4 heteroatoms. The predicted molar refractivity (Wildman–Crippen MR) is 55.4 cm³/mol. The summed E-state index contributed by atoms with van der Waals surface area (Å²) in [5.74, 6) is 0.796. The average Bonchev–Trinajstić information content (AvgIpc) is 2.98. The Labute approximate surface area is 88.3 Å². The molecule has 0 aromatic heterocycles. The Balaban J connectivity index is 1.89. The molecule has 4 nitrogen and oxygen atoms in total. The van der Waals surface area contributed by atoms with Crippen LogP contribution >= 0.6 is 0 Å². The van der Waals surface area contributed by atoms with Gasteiger partial charge in [-0.2, -0.15) is 0 Å². The third-order valence-corrected chi connectivity index (χ3v) is 2.81. The predicted octanol–water partition coefficient (Wildman–Crippen LogP) is 1.56. The number of carbonyl (C=O) groups is 1. The Morgan fingerprint density at radius 3 is 2.73 bits per heavy atom. The second-order valence-corrected chi connectivity index (χ2v) is 3.93. The van der Waals surface area contributed by atoms with Gasteiger partial charge in [-0.1, -0.05) is 30.3 Å². The maximum atomic E-state index is 10.6. The molecule has 0 saturated heterocycles. The van der Waals surface area contributed by atoms with Gasteiger partial charge in [-0.25, -0.2) is 9.86 Å². The van der Waals surface area contributed by atoms with E-state index in [0.717, 1.165) is 6.42 Å². The molecule has 1 aromatic rings. The van der Waals surface area contributed by atoms with E-state index in [4.69, 9.17) is 10.9 Å². The molecule has 2 atom stereocenters. The molecule has 1 saturated carbocycles. The van der Waals surface area contributed by atoms with Crippen LogP contribution in [0.15, 0.2) is 30.3 Å². The van der Waals surface area contributed by atoms with Gasteiger partial charge >= 0.3 is 6.03 Å². The van der Waals surface area contributed by atoms with Crippen LogP contribution in [0.4, 0.5) is 4.79 Å². The summed E-state index contributed by atoms with van der Waals surface area (Å²) < 4.78 is 0. The van der Waals surface area contributed by atoms with Crippen molar-refractivity contribution in [2.45, 2.75) is 12.3 Å². The number of amides is 2. The van der Waals surface area contributed by atoms with Crippen LogP contribution in [0.2, 0.25) is 0 Å². The molecule has 0 radical (unpaired) electrons. The third kappa shape index (κ3) is 2.27. The van der Waals surface area contributed by atoms with Gasteiger partial charge in [0.15, 0.2) is 0 Å². The number of urea groups is 1. The standard InChI is InChI=1S/C11H14N2O2/c12-11(14)13(15)7-9-6-10(9)8-4-2-1-3-5-8/h1-5,9-10,15H,6-7H2,(H2,12,14)/t9-,10+/m0/s1. The number of rotatable bonds is 3. The number of hydroxylamine groups is 2. The second-order valence-electron chi connectivity index (χ2n) is 3.93. The van der Waals surface area contributed by atoms with Crippen molar-refractivity contribution in [3.8, 4) is 0 Å². The van der Waals surface area contributed by atoms with Gasteiger partial charge in [0.25, 0.3) is 0 Å². The lowest BCUT2D eigenvalue weighted by molar-refractivity contribution is -0.0431. The largest absolute Gasteiger partial charge is 0.350 e. The summed E-state index contributed by atoms with van der Waals surface area (Å²) in [4.78, 5) is 10.6. The van der Waals surface area contributed by atoms with Gasteiger partial charge in [-0.3, -0.25) is 5.21 Å². The van der Waals surface area contributed by atoms with Crippen molar-refractivity contribution >= 4 is 6.03 Å². The van der Waals surface area contributed by atoms with Gasteiger partial charge < -0.3 is 5.73 Å². The number of primary amides is 1. The van der Waals surface area contributed by atoms with Crippen LogP contribution < -0.4 is 5.73 Å². The van der Waals surface area contributed by atoms with Crippen molar-refractivity contribution in [3.63, 3.8) is 0 Å². The minimum Gasteiger partial charge on any atom is -0.350 e. The Hall–Kier alpha value is -1.55. The first-order valence-electron chi connectivity index (χ1n) is 4.99. The molecule has 2 amide bonds. The van der Waals surface area contributed by atoms with Crippen molar-refractivity contribution in [3.05, 3.63) is 35.9 Å². The highest BCUT2D eigenvalue weighted by molar-refractivity contribution is 5.70. The van der Waals surface area contributed by atoms with Crippen LogP contribution in [0.1, 0.15) is 17.9 Å². The summed E-state index contributed by atoms with van der Waals surface area (Å²) in [5, 5.41) is 9.75. The summed E-state index contributed by atoms with van der Waals surface area (Å²) in [6, 6.07) is 9.31. The van der Waals surface area contributed by atoms with E-state index in [1.54, 1.807) is 0 Å². The van der Waals surface area contributed by atoms with Gasteiger partial charge in [-0.05, 0) is 23.8 Å². The highest BCUT2D eigenvalue weighted by Gasteiger charge is 2.39. The van der Waals surface area contributed by atoms with Crippen molar-refractivity contribution in [2.75, 3.05) is 6.54 Å². The van der Waals surface area contributed by atoms with Crippen LogP contribution in [0.5, 0.6) is 0 Å². The number of nitrogens with two attached hydrogens (primary N) is 1. The normalized spacial score (nSPS) is 23.5. The molecule has 15 heavy (non-hydrogen) atoms. The van der Waals surface area contributed by atoms with E-state index in [1.807, 2.05) is 18.2 Å². The van der Waals surface area contributed by atoms with Gasteiger partial charge in [0.1, 0.15) is 0 Å². The summed E-state index contributed by atoms with van der Waals surface area (Å²) >= 11 is 0. The molecule has 1 fully saturated rings. The number of carbonyl (C=O) groups excluding carboxylic acids is 1. The van der Waals surface area contributed by atoms with Crippen LogP contribution in [-0.2, 0) is 0 Å². The van der Waals surface area contributed by atoms with E-state index in [-0.39, 0.29) is 0 Å². The summed E-state index contributed by atoms with van der Waals surface area (Å²) in [5.41, 5.74) is 6.20. The van der Waals surface area contributed by atoms with E-state index >= 15 is 0 Å². The zero-order valence-corrected chi connectivity index (χ0v) is 8.34. The molecule has 0 bridgehead atoms. The fourth-order valence-corrected chi connectivity index (χ4v) is 1.87. The number of hydrogen-bond donors (Lipinski definition) is 2. The van der Waals surface area contributed by atoms with Crippen LogP contribution in [0.25, 0.3) is 0 Å². The van der Waals surface area contributed by atoms with Crippen LogP contribution in [0, 0.1) is 5.92 Å². The monoisotopic (exact) mass is 206 g/mol. The summed E-state index contributed by atoms with van der Waals surface area (Å²) in [6.45, 7) is 0.328. The summed E-state index contributed by atoms with van der Waals surface area (Å²) in [7, 11) is 0. The van der Waals surface area contributed by atoms with Gasteiger partial charge in [-0.15, -0.1) is 0 Å². The molecule has 0 unspecified atom stereocenters. The molecule has 3 N–H and O–H groups in total. The molecule has 80 valence electrons. The highest BCUT2D eigenvalue weighted by atomic mass is 16.5. The molecule has 0 spiro atoms. The lowest BCUT2D eigenvalue weighted by atomic mass is 10.1. The molecule has 1 aliphatic carbocycles. The maximum Gasteiger partial charge on any atom is 0.338 e. The molecule has 1 aromatic carbocycles. The first-order chi connectivity index (χ1) is 7.18. The topological polar surface area (TPSA) is 66.6 Å². The fraction of sp³-hybridized carbons (Fsp3) is 0.364. The Morgan fingerprint density at radius 2 is 2.13 bits per heavy atom. The fourth-order valence-electron chi connectivity index (χ4n) is 1.87. The lowest BCUT2D eigenvalue weighted by Gasteiger charge is -2.11. The minimum atomic E-state index is -0.784. The van der Waals surface area contributed by atoms with Crippen LogP contribution in [-0.4, -0.2) is 22.8 Å². The van der Waals surface area contributed by atoms with E-state index in [9.17, 15) is 4.79 Å². The number of benzene rings is 1. The molecule has 0 heterocycles. The minimum absolute atomic E-state index is 0.328. The Morgan fingerprint density at radius 1 is 1.47 bits per heavy atom. The van der Waals surface area contributed by atoms with Crippen molar-refractivity contribution < 1.29 is 10.0 Å². The smallest absolute Gasteiger partial charge is 0.338 e. The second kappa shape index (κ2) is 3.90. The van der Waals surface area contributed by atoms with Crippen LogP contribution in [0.3, 0.4) is 0 Å². The first-order valence-corrected chi connectivity index (χ1v) is 4.99. The molecule has 2 rings (SSSR count). The first kappa shape index (κ1) is 9.98. The lowest BCUT2D eigenvalue weighted by Crippen LogP contribution is -2.34. The zero-order valence-electron chi connectivity index (χ0n) is 8.34. The van der Waals surface area contributed by atoms with E-state index in [0.29, 0.717) is 23.4 Å². The molecular formula is C11H14N2O2. The van der Waals surface area contributed by atoms with E-state index in [1.165, 1.54) is 5.56 Å². The van der Waals surface area contributed by atoms with E-state index in [2.05, 4.69) is 12.1 Å². The Bertz CT molecular complexity index is 353. The zero-order chi connectivity index (χ0) is 10.8. The van der Waals surface area contributed by atoms with Gasteiger partial charge in [0, 0.05) is 0 Å². The third-order valence-electron chi connectivity index (χ3n) is 2.81. The molecular weight excluding hydrogens is 192 g/mol. The van der Waals surface area contributed by atoms with E-state index < -0.39 is 6.03 Å². The average molecular weight is 206 g/mol. The number of nitrogens with zero attached hydrogens (tertiary/aromatic N) is 1. The Kier molecular flexibility index (Phi) is 2.60. The molecule has 1 aliphatic rings.